The van der Waals surface area contributed by atoms with Crippen molar-refractivity contribution >= 4 is 5.91 Å². The maximum atomic E-state index is 12.0. The molecule has 0 radical (unpaired) electrons. The molecular weight excluding hydrogens is 282 g/mol. The minimum atomic E-state index is -0.303. The first-order chi connectivity index (χ1) is 10.6. The zero-order valence-electron chi connectivity index (χ0n) is 12.8. The van der Waals surface area contributed by atoms with E-state index >= 15 is 0 Å². The van der Waals surface area contributed by atoms with Crippen LogP contribution < -0.4 is 15.0 Å². The lowest BCUT2D eigenvalue weighted by atomic mass is 10.1. The third-order valence-corrected chi connectivity index (χ3v) is 3.27. The summed E-state index contributed by atoms with van der Waals surface area (Å²) in [5.74, 6) is 1.17. The molecule has 2 aromatic rings. The monoisotopic (exact) mass is 301 g/mol. The smallest absolute Gasteiger partial charge is 0.274 e. The van der Waals surface area contributed by atoms with Gasteiger partial charge >= 0.3 is 0 Å². The lowest BCUT2D eigenvalue weighted by Crippen LogP contribution is -2.25. The van der Waals surface area contributed by atoms with E-state index in [1.807, 2.05) is 31.2 Å². The first kappa shape index (κ1) is 15.9. The molecule has 0 heterocycles. The Hall–Kier alpha value is -2.53. The number of rotatable bonds is 6. The van der Waals surface area contributed by atoms with Crippen molar-refractivity contribution in [2.24, 2.45) is 0 Å². The van der Waals surface area contributed by atoms with E-state index in [4.69, 9.17) is 14.3 Å². The number of hydrogen-bond acceptors (Lipinski definition) is 4. The summed E-state index contributed by atoms with van der Waals surface area (Å²) in [7, 11) is 3.19. The molecular formula is C17H19NO4. The molecule has 5 heteroatoms. The average Bonchev–Trinajstić information content (AvgIpc) is 2.59. The number of hydroxylamine groups is 1. The zero-order chi connectivity index (χ0) is 15.9. The van der Waals surface area contributed by atoms with Gasteiger partial charge in [-0.3, -0.25) is 9.63 Å². The van der Waals surface area contributed by atoms with Crippen LogP contribution >= 0.6 is 0 Å². The SMILES string of the molecule is COc1ccc(C(=O)NOC(C)c2ccc(OC)cc2)cc1. The van der Waals surface area contributed by atoms with E-state index in [0.29, 0.717) is 11.3 Å². The van der Waals surface area contributed by atoms with Gasteiger partial charge in [-0.2, -0.15) is 0 Å². The molecule has 2 aromatic carbocycles. The molecule has 22 heavy (non-hydrogen) atoms. The second-order valence-electron chi connectivity index (χ2n) is 4.69. The van der Waals surface area contributed by atoms with Crippen molar-refractivity contribution in [3.63, 3.8) is 0 Å². The van der Waals surface area contributed by atoms with Crippen molar-refractivity contribution in [2.75, 3.05) is 14.2 Å². The molecule has 0 saturated carbocycles. The molecule has 0 spiro atoms. The molecule has 2 rings (SSSR count). The molecule has 0 aromatic heterocycles. The lowest BCUT2D eigenvalue weighted by Gasteiger charge is -2.14. The first-order valence-electron chi connectivity index (χ1n) is 6.88. The summed E-state index contributed by atoms with van der Waals surface area (Å²) >= 11 is 0. The van der Waals surface area contributed by atoms with Crippen LogP contribution in [0.5, 0.6) is 11.5 Å². The van der Waals surface area contributed by atoms with Crippen molar-refractivity contribution in [3.8, 4) is 11.5 Å². The Morgan fingerprint density at radius 1 is 0.909 bits per heavy atom. The van der Waals surface area contributed by atoms with Crippen molar-refractivity contribution in [3.05, 3.63) is 59.7 Å². The number of carbonyl (C=O) groups excluding carboxylic acids is 1. The summed E-state index contributed by atoms with van der Waals surface area (Å²) in [5, 5.41) is 0. The summed E-state index contributed by atoms with van der Waals surface area (Å²) in [6, 6.07) is 14.3. The highest BCUT2D eigenvalue weighted by atomic mass is 16.7. The highest BCUT2D eigenvalue weighted by Crippen LogP contribution is 2.19. The molecule has 116 valence electrons. The van der Waals surface area contributed by atoms with Crippen LogP contribution in [0.25, 0.3) is 0 Å². The summed E-state index contributed by atoms with van der Waals surface area (Å²) in [4.78, 5) is 17.4. The number of hydrogen-bond donors (Lipinski definition) is 1. The Balaban J connectivity index is 1.91. The van der Waals surface area contributed by atoms with Gasteiger partial charge in [-0.1, -0.05) is 12.1 Å². The summed E-state index contributed by atoms with van der Waals surface area (Å²) in [5.41, 5.74) is 3.90. The fourth-order valence-corrected chi connectivity index (χ4v) is 1.89. The Morgan fingerprint density at radius 3 is 1.91 bits per heavy atom. The van der Waals surface area contributed by atoms with E-state index in [1.54, 1.807) is 38.5 Å². The zero-order valence-corrected chi connectivity index (χ0v) is 12.8. The molecule has 0 aliphatic rings. The van der Waals surface area contributed by atoms with Gasteiger partial charge in [0.25, 0.3) is 5.91 Å². The van der Waals surface area contributed by atoms with Crippen LogP contribution in [0.3, 0.4) is 0 Å². The number of ether oxygens (including phenoxy) is 2. The second-order valence-corrected chi connectivity index (χ2v) is 4.69. The van der Waals surface area contributed by atoms with Gasteiger partial charge in [-0.25, -0.2) is 5.48 Å². The van der Waals surface area contributed by atoms with Crippen LogP contribution in [0.4, 0.5) is 0 Å². The van der Waals surface area contributed by atoms with E-state index in [0.717, 1.165) is 11.3 Å². The molecule has 0 aliphatic carbocycles. The van der Waals surface area contributed by atoms with Crippen molar-refractivity contribution in [1.82, 2.24) is 5.48 Å². The number of nitrogens with one attached hydrogen (secondary N) is 1. The minimum absolute atomic E-state index is 0.270. The van der Waals surface area contributed by atoms with Crippen LogP contribution in [-0.2, 0) is 4.84 Å². The Kier molecular flexibility index (Phi) is 5.38. The quantitative estimate of drug-likeness (QED) is 0.833. The summed E-state index contributed by atoms with van der Waals surface area (Å²) in [6.07, 6.45) is -0.270. The number of benzene rings is 2. The van der Waals surface area contributed by atoms with Gasteiger partial charge in [-0.05, 0) is 48.9 Å². The molecule has 0 bridgehead atoms. The first-order valence-corrected chi connectivity index (χ1v) is 6.88. The Bertz CT molecular complexity index is 608. The number of methoxy groups -OCH3 is 2. The van der Waals surface area contributed by atoms with Crippen LogP contribution in [0.1, 0.15) is 28.9 Å². The van der Waals surface area contributed by atoms with E-state index in [2.05, 4.69) is 5.48 Å². The van der Waals surface area contributed by atoms with Crippen LogP contribution in [0.15, 0.2) is 48.5 Å². The molecule has 0 fully saturated rings. The van der Waals surface area contributed by atoms with E-state index in [9.17, 15) is 4.79 Å². The van der Waals surface area contributed by atoms with Crippen molar-refractivity contribution < 1.29 is 19.1 Å². The third-order valence-electron chi connectivity index (χ3n) is 3.27. The fourth-order valence-electron chi connectivity index (χ4n) is 1.89. The summed E-state index contributed by atoms with van der Waals surface area (Å²) < 4.78 is 10.2. The fraction of sp³-hybridized carbons (Fsp3) is 0.235. The van der Waals surface area contributed by atoms with Crippen molar-refractivity contribution in [1.29, 1.82) is 0 Å². The predicted molar refractivity (Wildman–Crippen MR) is 83.0 cm³/mol. The van der Waals surface area contributed by atoms with E-state index < -0.39 is 0 Å². The van der Waals surface area contributed by atoms with E-state index in [-0.39, 0.29) is 12.0 Å². The largest absolute Gasteiger partial charge is 0.497 e. The van der Waals surface area contributed by atoms with E-state index in [1.165, 1.54) is 0 Å². The van der Waals surface area contributed by atoms with Gasteiger partial charge in [0.15, 0.2) is 0 Å². The maximum Gasteiger partial charge on any atom is 0.274 e. The van der Waals surface area contributed by atoms with Gasteiger partial charge in [0.2, 0.25) is 0 Å². The molecule has 0 aliphatic heterocycles. The van der Waals surface area contributed by atoms with Gasteiger partial charge < -0.3 is 9.47 Å². The van der Waals surface area contributed by atoms with Crippen LogP contribution in [0, 0.1) is 0 Å². The Labute approximate surface area is 129 Å². The second kappa shape index (κ2) is 7.47. The Morgan fingerprint density at radius 2 is 1.41 bits per heavy atom. The predicted octanol–water partition coefficient (Wildman–Crippen LogP) is 3.13. The highest BCUT2D eigenvalue weighted by molar-refractivity contribution is 5.93. The van der Waals surface area contributed by atoms with Crippen LogP contribution in [0.2, 0.25) is 0 Å². The normalized spacial score (nSPS) is 11.6. The van der Waals surface area contributed by atoms with Crippen molar-refractivity contribution in [2.45, 2.75) is 13.0 Å². The molecule has 1 amide bonds. The molecule has 5 nitrogen and oxygen atoms in total. The molecule has 1 unspecified atom stereocenters. The standard InChI is InChI=1S/C17H19NO4/c1-12(13-4-8-15(20-2)9-5-13)22-18-17(19)14-6-10-16(21-3)11-7-14/h4-12H,1-3H3,(H,18,19). The topological polar surface area (TPSA) is 56.8 Å². The molecule has 0 saturated heterocycles. The average molecular weight is 301 g/mol. The summed E-state index contributed by atoms with van der Waals surface area (Å²) in [6.45, 7) is 1.86. The number of carbonyl (C=O) groups is 1. The lowest BCUT2D eigenvalue weighted by molar-refractivity contribution is -0.00892. The molecule has 1 atom stereocenters. The van der Waals surface area contributed by atoms with Gasteiger partial charge in [-0.15, -0.1) is 0 Å². The number of amides is 1. The maximum absolute atomic E-state index is 12.0. The third kappa shape index (κ3) is 3.99. The van der Waals surface area contributed by atoms with Gasteiger partial charge in [0.1, 0.15) is 17.6 Å². The minimum Gasteiger partial charge on any atom is -0.497 e. The van der Waals surface area contributed by atoms with Crippen LogP contribution in [-0.4, -0.2) is 20.1 Å². The van der Waals surface area contributed by atoms with Gasteiger partial charge in [0, 0.05) is 5.56 Å². The molecule has 1 N–H and O–H groups in total. The van der Waals surface area contributed by atoms with Gasteiger partial charge in [0.05, 0.1) is 14.2 Å². The highest BCUT2D eigenvalue weighted by Gasteiger charge is 2.10.